The Hall–Kier alpha value is -1.56. The molecule has 1 atom stereocenters. The first kappa shape index (κ1) is 14.1. The first-order valence-electron chi connectivity index (χ1n) is 7.99. The normalized spacial score (nSPS) is 25.3. The van der Waals surface area contributed by atoms with E-state index in [1.807, 2.05) is 22.1 Å². The first-order chi connectivity index (χ1) is 10.7. The summed E-state index contributed by atoms with van der Waals surface area (Å²) in [4.78, 5) is 22.3. The van der Waals surface area contributed by atoms with Crippen molar-refractivity contribution < 1.29 is 4.79 Å². The van der Waals surface area contributed by atoms with Gasteiger partial charge >= 0.3 is 6.03 Å². The van der Waals surface area contributed by atoms with E-state index in [0.29, 0.717) is 0 Å². The van der Waals surface area contributed by atoms with Gasteiger partial charge in [-0.15, -0.1) is 0 Å². The smallest absolute Gasteiger partial charge is 0.322 e. The van der Waals surface area contributed by atoms with Gasteiger partial charge in [0.25, 0.3) is 0 Å². The largest absolute Gasteiger partial charge is 0.364 e. The van der Waals surface area contributed by atoms with Crippen LogP contribution in [0.2, 0.25) is 0 Å². The SMILES string of the molecule is CC1=CSC(N2CCN(CC3CC3)C2=O)N1Cc1ccc[nH]1. The third kappa shape index (κ3) is 2.60. The van der Waals surface area contributed by atoms with Crippen LogP contribution >= 0.6 is 11.8 Å². The van der Waals surface area contributed by atoms with Crippen molar-refractivity contribution in [1.29, 1.82) is 0 Å². The number of thioether (sulfide) groups is 1. The van der Waals surface area contributed by atoms with Crippen LogP contribution in [0.25, 0.3) is 0 Å². The van der Waals surface area contributed by atoms with Crippen molar-refractivity contribution >= 4 is 17.8 Å². The Morgan fingerprint density at radius 2 is 2.23 bits per heavy atom. The van der Waals surface area contributed by atoms with E-state index in [1.165, 1.54) is 24.2 Å². The molecule has 118 valence electrons. The van der Waals surface area contributed by atoms with Crippen molar-refractivity contribution in [2.45, 2.75) is 31.8 Å². The molecule has 0 bridgehead atoms. The molecule has 1 aliphatic carbocycles. The highest BCUT2D eigenvalue weighted by Crippen LogP contribution is 2.37. The fraction of sp³-hybridized carbons (Fsp3) is 0.562. The second kappa shape index (κ2) is 5.57. The van der Waals surface area contributed by atoms with Gasteiger partial charge in [-0.1, -0.05) is 11.8 Å². The Labute approximate surface area is 135 Å². The lowest BCUT2D eigenvalue weighted by atomic mass is 10.3. The van der Waals surface area contributed by atoms with Crippen LogP contribution < -0.4 is 0 Å². The van der Waals surface area contributed by atoms with Gasteiger partial charge < -0.3 is 14.8 Å². The van der Waals surface area contributed by atoms with Gasteiger partial charge in [0.05, 0.1) is 6.54 Å². The third-order valence-electron chi connectivity index (χ3n) is 4.65. The van der Waals surface area contributed by atoms with E-state index >= 15 is 0 Å². The number of rotatable bonds is 5. The molecule has 3 heterocycles. The van der Waals surface area contributed by atoms with Crippen LogP contribution in [0.3, 0.4) is 0 Å². The van der Waals surface area contributed by atoms with Gasteiger partial charge in [0, 0.05) is 37.2 Å². The standard InChI is InChI=1S/C16H22N4OS/c1-12-11-22-16(20(12)10-14-3-2-6-17-14)19-8-7-18(15(19)21)9-13-4-5-13/h2-3,6,11,13,16-17H,4-5,7-10H2,1H3. The number of H-pyrrole nitrogens is 1. The zero-order valence-electron chi connectivity index (χ0n) is 12.9. The molecule has 2 amide bonds. The Morgan fingerprint density at radius 1 is 1.36 bits per heavy atom. The maximum Gasteiger partial charge on any atom is 0.322 e. The summed E-state index contributed by atoms with van der Waals surface area (Å²) in [5, 5.41) is 2.17. The maximum absolute atomic E-state index is 12.7. The average molecular weight is 318 g/mol. The zero-order valence-corrected chi connectivity index (χ0v) is 13.7. The predicted octanol–water partition coefficient (Wildman–Crippen LogP) is 2.86. The van der Waals surface area contributed by atoms with Crippen LogP contribution in [0.15, 0.2) is 29.4 Å². The summed E-state index contributed by atoms with van der Waals surface area (Å²) in [7, 11) is 0. The molecule has 1 aromatic heterocycles. The molecule has 0 spiro atoms. The molecule has 1 unspecified atom stereocenters. The minimum atomic E-state index is 0.0972. The summed E-state index contributed by atoms with van der Waals surface area (Å²) in [6.45, 7) is 5.61. The molecule has 22 heavy (non-hydrogen) atoms. The lowest BCUT2D eigenvalue weighted by molar-refractivity contribution is 0.149. The highest BCUT2D eigenvalue weighted by molar-refractivity contribution is 8.02. The lowest BCUT2D eigenvalue weighted by Crippen LogP contribution is -2.45. The number of hydrogen-bond donors (Lipinski definition) is 1. The first-order valence-corrected chi connectivity index (χ1v) is 8.93. The summed E-state index contributed by atoms with van der Waals surface area (Å²) in [5.41, 5.74) is 2.51. The molecule has 3 aliphatic rings. The molecule has 1 N–H and O–H groups in total. The minimum absolute atomic E-state index is 0.0972. The number of carbonyl (C=O) groups is 1. The van der Waals surface area contributed by atoms with Crippen molar-refractivity contribution in [2.24, 2.45) is 5.92 Å². The van der Waals surface area contributed by atoms with E-state index in [0.717, 1.165) is 32.1 Å². The van der Waals surface area contributed by atoms with Gasteiger partial charge in [0.1, 0.15) is 0 Å². The molecule has 1 aromatic rings. The molecule has 6 heteroatoms. The quantitative estimate of drug-likeness (QED) is 0.908. The number of urea groups is 1. The van der Waals surface area contributed by atoms with Crippen molar-refractivity contribution in [3.8, 4) is 0 Å². The van der Waals surface area contributed by atoms with E-state index in [1.54, 1.807) is 11.8 Å². The summed E-state index contributed by atoms with van der Waals surface area (Å²) >= 11 is 1.75. The number of allylic oxidation sites excluding steroid dienone is 1. The Morgan fingerprint density at radius 3 is 2.95 bits per heavy atom. The molecule has 4 rings (SSSR count). The molecule has 1 saturated carbocycles. The Bertz CT molecular complexity index is 581. The molecule has 2 fully saturated rings. The summed E-state index contributed by atoms with van der Waals surface area (Å²) < 4.78 is 0. The molecule has 0 aromatic carbocycles. The molecule has 0 radical (unpaired) electrons. The van der Waals surface area contributed by atoms with Crippen molar-refractivity contribution in [3.05, 3.63) is 35.1 Å². The highest BCUT2D eigenvalue weighted by Gasteiger charge is 2.40. The lowest BCUT2D eigenvalue weighted by Gasteiger charge is -2.33. The van der Waals surface area contributed by atoms with Crippen LogP contribution in [0, 0.1) is 5.92 Å². The van der Waals surface area contributed by atoms with E-state index in [9.17, 15) is 4.79 Å². The minimum Gasteiger partial charge on any atom is -0.364 e. The summed E-state index contributed by atoms with van der Waals surface area (Å²) in [6.07, 6.45) is 4.54. The molecular formula is C16H22N4OS. The second-order valence-corrected chi connectivity index (χ2v) is 7.34. The topological polar surface area (TPSA) is 42.6 Å². The highest BCUT2D eigenvalue weighted by atomic mass is 32.2. The Balaban J connectivity index is 1.45. The molecule has 2 aliphatic heterocycles. The maximum atomic E-state index is 12.7. The van der Waals surface area contributed by atoms with E-state index in [4.69, 9.17) is 0 Å². The number of aromatic nitrogens is 1. The van der Waals surface area contributed by atoms with Crippen molar-refractivity contribution in [1.82, 2.24) is 19.7 Å². The number of hydrogen-bond acceptors (Lipinski definition) is 3. The molecule has 5 nitrogen and oxygen atoms in total. The predicted molar refractivity (Wildman–Crippen MR) is 87.9 cm³/mol. The summed E-state index contributed by atoms with van der Waals surface area (Å²) in [6, 6.07) is 4.33. The number of nitrogens with one attached hydrogen (secondary N) is 1. The van der Waals surface area contributed by atoms with Crippen LogP contribution in [0.5, 0.6) is 0 Å². The monoisotopic (exact) mass is 318 g/mol. The van der Waals surface area contributed by atoms with Gasteiger partial charge in [-0.25, -0.2) is 4.79 Å². The van der Waals surface area contributed by atoms with Crippen LogP contribution in [0.4, 0.5) is 4.79 Å². The van der Waals surface area contributed by atoms with E-state index in [-0.39, 0.29) is 11.5 Å². The van der Waals surface area contributed by atoms with Crippen LogP contribution in [-0.2, 0) is 6.54 Å². The van der Waals surface area contributed by atoms with E-state index in [2.05, 4.69) is 28.3 Å². The second-order valence-electron chi connectivity index (χ2n) is 6.41. The van der Waals surface area contributed by atoms with Gasteiger partial charge in [-0.2, -0.15) is 0 Å². The number of amides is 2. The third-order valence-corrected chi connectivity index (χ3v) is 5.88. The number of nitrogens with zero attached hydrogens (tertiary/aromatic N) is 3. The fourth-order valence-corrected chi connectivity index (χ4v) is 4.34. The summed E-state index contributed by atoms with van der Waals surface area (Å²) in [5.74, 6) is 0.759. The van der Waals surface area contributed by atoms with Crippen LogP contribution in [0.1, 0.15) is 25.5 Å². The number of aromatic amines is 1. The fourth-order valence-electron chi connectivity index (χ4n) is 3.16. The van der Waals surface area contributed by atoms with Gasteiger partial charge in [-0.05, 0) is 43.2 Å². The molecular weight excluding hydrogens is 296 g/mol. The molecule has 1 saturated heterocycles. The van der Waals surface area contributed by atoms with Crippen molar-refractivity contribution in [2.75, 3.05) is 19.6 Å². The average Bonchev–Trinajstić information content (AvgIpc) is 2.88. The van der Waals surface area contributed by atoms with Gasteiger partial charge in [0.15, 0.2) is 5.50 Å². The number of carbonyl (C=O) groups excluding carboxylic acids is 1. The van der Waals surface area contributed by atoms with Crippen LogP contribution in [-0.4, -0.2) is 50.8 Å². The Kier molecular flexibility index (Phi) is 3.56. The van der Waals surface area contributed by atoms with Gasteiger partial charge in [0.2, 0.25) is 0 Å². The van der Waals surface area contributed by atoms with Gasteiger partial charge in [-0.3, -0.25) is 4.90 Å². The van der Waals surface area contributed by atoms with Crippen molar-refractivity contribution in [3.63, 3.8) is 0 Å². The zero-order chi connectivity index (χ0) is 15.1. The van der Waals surface area contributed by atoms with E-state index < -0.39 is 0 Å².